The molecule has 0 bridgehead atoms. The maximum atomic E-state index is 1.44. The van der Waals surface area contributed by atoms with E-state index in [2.05, 4.69) is 0 Å². The molecule has 0 saturated carbocycles. The van der Waals surface area contributed by atoms with E-state index >= 15 is 0 Å². The Balaban J connectivity index is -0.000000000500. The van der Waals surface area contributed by atoms with E-state index < -0.39 is 0 Å². The van der Waals surface area contributed by atoms with Crippen molar-refractivity contribution < 1.29 is 0 Å². The highest BCUT2D eigenvalue weighted by molar-refractivity contribution is 6.75. The summed E-state index contributed by atoms with van der Waals surface area (Å²) < 4.78 is 0. The molecule has 0 amide bonds. The summed E-state index contributed by atoms with van der Waals surface area (Å²) in [4.78, 5) is 0. The lowest BCUT2D eigenvalue weighted by Gasteiger charge is -1.01. The van der Waals surface area contributed by atoms with Gasteiger partial charge in [0.15, 0.2) is 0 Å². The molecular formula is H11Cl5Si2. The van der Waals surface area contributed by atoms with Crippen LogP contribution >= 0.6 is 62.0 Å². The van der Waals surface area contributed by atoms with Crippen LogP contribution in [0.4, 0.5) is 0 Å². The summed E-state index contributed by atoms with van der Waals surface area (Å²) in [7, 11) is 2.89. The molecule has 0 aliphatic rings. The van der Waals surface area contributed by atoms with E-state index in [1.54, 1.807) is 0 Å². The van der Waals surface area contributed by atoms with Gasteiger partial charge in [0, 0.05) is 0 Å². The van der Waals surface area contributed by atoms with Crippen molar-refractivity contribution >= 4 is 81.6 Å². The van der Waals surface area contributed by atoms with Gasteiger partial charge in [0.05, 0.1) is 0 Å². The second-order valence-corrected chi connectivity index (χ2v) is 0. The lowest BCUT2D eigenvalue weighted by atomic mass is 27.1. The molecule has 0 aromatic carbocycles. The molecular weight excluding hydrogens is 233 g/mol. The van der Waals surface area contributed by atoms with Crippen molar-refractivity contribution in [1.29, 1.82) is 0 Å². The van der Waals surface area contributed by atoms with Crippen LogP contribution in [0.1, 0.15) is 0 Å². The van der Waals surface area contributed by atoms with E-state index in [4.69, 9.17) is 0 Å². The van der Waals surface area contributed by atoms with Gasteiger partial charge in [-0.1, -0.05) is 0 Å². The lowest BCUT2D eigenvalue weighted by Crippen LogP contribution is -1.38. The highest BCUT2D eigenvalue weighted by Gasteiger charge is 0.988. The van der Waals surface area contributed by atoms with Gasteiger partial charge < -0.3 is 0 Å². The smallest absolute Gasteiger partial charge is 0.0125 e. The minimum Gasteiger partial charge on any atom is -0.147 e. The maximum absolute atomic E-state index is 1.44. The predicted octanol–water partition coefficient (Wildman–Crippen LogP) is -0.259. The van der Waals surface area contributed by atoms with Crippen LogP contribution in [0.2, 0.25) is 0 Å². The molecule has 7 heteroatoms. The van der Waals surface area contributed by atoms with E-state index in [-0.39, 0.29) is 62.0 Å². The zero-order chi connectivity index (χ0) is 2.00. The van der Waals surface area contributed by atoms with Gasteiger partial charge in [-0.2, -0.15) is 0 Å². The normalized spacial score (nSPS) is 1.71. The summed E-state index contributed by atoms with van der Waals surface area (Å²) in [6.45, 7) is 0. The largest absolute Gasteiger partial charge is 0.147 e. The highest BCUT2D eigenvalue weighted by Crippen LogP contribution is 0.694. The van der Waals surface area contributed by atoms with Crippen LogP contribution in [0.25, 0.3) is 0 Å². The Labute approximate surface area is 81.3 Å². The van der Waals surface area contributed by atoms with Crippen LogP contribution in [-0.4, -0.2) is 19.5 Å². The van der Waals surface area contributed by atoms with Gasteiger partial charge in [-0.25, -0.2) is 0 Å². The summed E-state index contributed by atoms with van der Waals surface area (Å²) in [5, 5.41) is 0. The first-order valence-corrected chi connectivity index (χ1v) is 9.00. The van der Waals surface area contributed by atoms with Crippen LogP contribution in [0.3, 0.4) is 0 Å². The third kappa shape index (κ3) is 76.9. The minimum atomic E-state index is 0. The van der Waals surface area contributed by atoms with Crippen molar-refractivity contribution in [2.24, 2.45) is 0 Å². The molecule has 7 heavy (non-hydrogen) atoms. The number of hydrogen-bond donors (Lipinski definition) is 0. The second-order valence-electron chi connectivity index (χ2n) is 0. The Morgan fingerprint density at radius 3 is 0.429 bits per heavy atom. The van der Waals surface area contributed by atoms with Gasteiger partial charge in [-0.15, -0.1) is 62.0 Å². The molecule has 0 N–H and O–H groups in total. The molecule has 0 atom stereocenters. The van der Waals surface area contributed by atoms with Crippen LogP contribution in [0, 0.1) is 0 Å². The molecule has 0 aliphatic carbocycles. The Morgan fingerprint density at radius 1 is 0.429 bits per heavy atom. The average molecular weight is 245 g/mol. The summed E-state index contributed by atoms with van der Waals surface area (Å²) in [5.41, 5.74) is 0. The molecule has 0 rings (SSSR count). The average Bonchev–Trinajstić information content (AvgIpc) is 1.00. The molecule has 0 aliphatic heterocycles. The zero-order valence-corrected chi connectivity index (χ0v) is 12.1. The van der Waals surface area contributed by atoms with Gasteiger partial charge in [-0.3, -0.25) is 0 Å². The van der Waals surface area contributed by atoms with E-state index in [9.17, 15) is 0 Å². The van der Waals surface area contributed by atoms with E-state index in [0.29, 0.717) is 0 Å². The quantitative estimate of drug-likeness (QED) is 0.515. The summed E-state index contributed by atoms with van der Waals surface area (Å²) >= 11 is 0. The van der Waals surface area contributed by atoms with Crippen LogP contribution in [-0.2, 0) is 0 Å². The molecule has 0 unspecified atom stereocenters. The van der Waals surface area contributed by atoms with E-state index in [1.807, 2.05) is 0 Å². The van der Waals surface area contributed by atoms with Crippen molar-refractivity contribution in [3.05, 3.63) is 0 Å². The molecule has 0 aromatic rings. The van der Waals surface area contributed by atoms with Gasteiger partial charge in [0.25, 0.3) is 0 Å². The summed E-state index contributed by atoms with van der Waals surface area (Å²) in [6, 6.07) is 0. The SMILES string of the molecule is Cl.Cl.Cl.Cl.Cl.[SiH3][SiH3]. The Morgan fingerprint density at radius 2 is 0.429 bits per heavy atom. The molecule has 0 spiro atoms. The van der Waals surface area contributed by atoms with Crippen molar-refractivity contribution in [1.82, 2.24) is 0 Å². The zero-order valence-electron chi connectivity index (χ0n) is 4.04. The molecule has 0 nitrogen and oxygen atoms in total. The fourth-order valence-electron chi connectivity index (χ4n) is 0. The van der Waals surface area contributed by atoms with Crippen molar-refractivity contribution in [2.45, 2.75) is 0 Å². The summed E-state index contributed by atoms with van der Waals surface area (Å²) in [6.07, 6.45) is 0. The van der Waals surface area contributed by atoms with Gasteiger partial charge in [-0.05, 0) is 19.5 Å². The third-order valence-electron chi connectivity index (χ3n) is 0. The van der Waals surface area contributed by atoms with E-state index in [1.165, 1.54) is 19.5 Å². The number of rotatable bonds is 0. The molecule has 0 fully saturated rings. The van der Waals surface area contributed by atoms with Crippen LogP contribution in [0.5, 0.6) is 0 Å². The molecule has 0 heterocycles. The lowest BCUT2D eigenvalue weighted by molar-refractivity contribution is 4.75. The fraction of sp³-hybridized carbons (Fsp3) is 0. The van der Waals surface area contributed by atoms with E-state index in [0.717, 1.165) is 0 Å². The Kier molecular flexibility index (Phi) is 999. The second kappa shape index (κ2) is 105. The Hall–Kier alpha value is 1.88. The topological polar surface area (TPSA) is 0 Å². The Bertz CT molecular complexity index is 6.04. The van der Waals surface area contributed by atoms with Gasteiger partial charge >= 0.3 is 0 Å². The molecule has 0 aromatic heterocycles. The fourth-order valence-corrected chi connectivity index (χ4v) is 0. The first kappa shape index (κ1) is 66.4. The monoisotopic (exact) mass is 242 g/mol. The number of hydrogen-bond acceptors (Lipinski definition) is 0. The molecule has 54 valence electrons. The highest BCUT2D eigenvalue weighted by atomic mass is 35.5. The van der Waals surface area contributed by atoms with Crippen molar-refractivity contribution in [3.8, 4) is 0 Å². The first-order valence-electron chi connectivity index (χ1n) is 1.00. The van der Waals surface area contributed by atoms with Crippen LogP contribution < -0.4 is 0 Å². The first-order chi connectivity index (χ1) is 1.00. The third-order valence-corrected chi connectivity index (χ3v) is 0. The minimum absolute atomic E-state index is 0. The van der Waals surface area contributed by atoms with Gasteiger partial charge in [0.1, 0.15) is 0 Å². The molecule has 0 radical (unpaired) electrons. The van der Waals surface area contributed by atoms with Gasteiger partial charge in [0.2, 0.25) is 0 Å². The van der Waals surface area contributed by atoms with Crippen molar-refractivity contribution in [2.75, 3.05) is 0 Å². The van der Waals surface area contributed by atoms with Crippen LogP contribution in [0.15, 0.2) is 0 Å². The standard InChI is InChI=1S/5ClH.H6Si2/c;;;;;1-2/h5*1H;1-2H3. The molecule has 0 saturated heterocycles. The maximum Gasteiger partial charge on any atom is -0.0125 e. The number of halogens is 5. The van der Waals surface area contributed by atoms with Crippen molar-refractivity contribution in [3.63, 3.8) is 0 Å². The summed E-state index contributed by atoms with van der Waals surface area (Å²) in [5.74, 6) is 0. The predicted molar refractivity (Wildman–Crippen MR) is 56.1 cm³/mol.